The Kier molecular flexibility index (Phi) is 4.76. The Balaban J connectivity index is 2.22. The molecule has 1 saturated heterocycles. The third-order valence-electron chi connectivity index (χ3n) is 3.45. The molecule has 0 radical (unpaired) electrons. The van der Waals surface area contributed by atoms with Gasteiger partial charge in [-0.3, -0.25) is 10.1 Å². The second-order valence-corrected chi connectivity index (χ2v) is 6.70. The molecule has 0 spiro atoms. The van der Waals surface area contributed by atoms with Gasteiger partial charge in [0.05, 0.1) is 9.82 Å². The van der Waals surface area contributed by atoms with E-state index in [2.05, 4.69) is 15.4 Å². The molecule has 1 atom stereocenters. The van der Waals surface area contributed by atoms with Crippen molar-refractivity contribution in [2.45, 2.75) is 23.8 Å². The molecule has 0 amide bonds. The first kappa shape index (κ1) is 15.7. The van der Waals surface area contributed by atoms with E-state index in [4.69, 9.17) is 0 Å². The summed E-state index contributed by atoms with van der Waals surface area (Å²) in [6.07, 6.45) is 2.11. The Morgan fingerprint density at radius 3 is 2.81 bits per heavy atom. The number of sulfonamides is 1. The van der Waals surface area contributed by atoms with Crippen molar-refractivity contribution in [1.29, 1.82) is 0 Å². The lowest BCUT2D eigenvalue weighted by molar-refractivity contribution is -0.384. The fourth-order valence-corrected chi connectivity index (χ4v) is 3.01. The molecule has 1 aliphatic rings. The van der Waals surface area contributed by atoms with Crippen molar-refractivity contribution in [2.75, 3.05) is 25.5 Å². The number of nitro groups is 1. The lowest BCUT2D eigenvalue weighted by Crippen LogP contribution is -2.29. The summed E-state index contributed by atoms with van der Waals surface area (Å²) in [5.74, 6) is 0. The highest BCUT2D eigenvalue weighted by Crippen LogP contribution is 2.27. The van der Waals surface area contributed by atoms with Gasteiger partial charge >= 0.3 is 0 Å². The molecule has 1 aliphatic heterocycles. The highest BCUT2D eigenvalue weighted by atomic mass is 32.2. The van der Waals surface area contributed by atoms with E-state index in [-0.39, 0.29) is 16.6 Å². The molecule has 0 saturated carbocycles. The molecule has 8 nitrogen and oxygen atoms in total. The van der Waals surface area contributed by atoms with Gasteiger partial charge in [0, 0.05) is 18.7 Å². The van der Waals surface area contributed by atoms with E-state index in [1.807, 2.05) is 0 Å². The summed E-state index contributed by atoms with van der Waals surface area (Å²) in [6, 6.07) is 4.13. The van der Waals surface area contributed by atoms with E-state index in [1.165, 1.54) is 19.2 Å². The molecule has 0 bridgehead atoms. The normalized spacial score (nSPS) is 18.6. The van der Waals surface area contributed by atoms with Gasteiger partial charge in [-0.25, -0.2) is 13.1 Å². The van der Waals surface area contributed by atoms with E-state index in [1.54, 1.807) is 0 Å². The maximum atomic E-state index is 11.7. The molecule has 1 heterocycles. The summed E-state index contributed by atoms with van der Waals surface area (Å²) in [5, 5.41) is 17.4. The smallest absolute Gasteiger partial charge is 0.293 e. The number of benzene rings is 1. The van der Waals surface area contributed by atoms with Gasteiger partial charge in [0.25, 0.3) is 5.69 Å². The zero-order valence-corrected chi connectivity index (χ0v) is 12.4. The van der Waals surface area contributed by atoms with Crippen molar-refractivity contribution in [3.8, 4) is 0 Å². The zero-order valence-electron chi connectivity index (χ0n) is 11.6. The maximum Gasteiger partial charge on any atom is 0.293 e. The van der Waals surface area contributed by atoms with Crippen LogP contribution in [-0.4, -0.2) is 39.5 Å². The summed E-state index contributed by atoms with van der Waals surface area (Å²) in [5.41, 5.74) is 0.0769. The first-order chi connectivity index (χ1) is 9.94. The fraction of sp³-hybridized carbons (Fsp3) is 0.500. The minimum atomic E-state index is -3.70. The van der Waals surface area contributed by atoms with Crippen molar-refractivity contribution in [1.82, 2.24) is 10.0 Å². The Bertz CT molecular complexity index is 626. The predicted octanol–water partition coefficient (Wildman–Crippen LogP) is 0.667. The van der Waals surface area contributed by atoms with E-state index in [9.17, 15) is 18.5 Å². The van der Waals surface area contributed by atoms with Crippen LogP contribution in [0.4, 0.5) is 11.4 Å². The SMILES string of the molecule is CNS(=O)(=O)c1ccc(NCC2CCCN2)c([N+](=O)[O-])c1. The topological polar surface area (TPSA) is 113 Å². The van der Waals surface area contributed by atoms with Gasteiger partial charge in [-0.1, -0.05) is 0 Å². The van der Waals surface area contributed by atoms with Crippen LogP contribution in [0.2, 0.25) is 0 Å². The second-order valence-electron chi connectivity index (χ2n) is 4.82. The molecule has 0 aromatic heterocycles. The Labute approximate surface area is 123 Å². The van der Waals surface area contributed by atoms with Crippen LogP contribution < -0.4 is 15.4 Å². The van der Waals surface area contributed by atoms with E-state index < -0.39 is 14.9 Å². The summed E-state index contributed by atoms with van der Waals surface area (Å²) >= 11 is 0. The molecule has 1 aromatic carbocycles. The summed E-state index contributed by atoms with van der Waals surface area (Å²) in [6.45, 7) is 1.52. The fourth-order valence-electron chi connectivity index (χ4n) is 2.26. The first-order valence-electron chi connectivity index (χ1n) is 6.63. The van der Waals surface area contributed by atoms with Crippen molar-refractivity contribution >= 4 is 21.4 Å². The molecule has 0 aliphatic carbocycles. The monoisotopic (exact) mass is 314 g/mol. The summed E-state index contributed by atoms with van der Waals surface area (Å²) < 4.78 is 25.5. The van der Waals surface area contributed by atoms with Crippen LogP contribution in [0.15, 0.2) is 23.1 Å². The summed E-state index contributed by atoms with van der Waals surface area (Å²) in [4.78, 5) is 10.4. The quantitative estimate of drug-likeness (QED) is 0.525. The van der Waals surface area contributed by atoms with Gasteiger partial charge in [0.1, 0.15) is 5.69 Å². The number of rotatable bonds is 6. The second kappa shape index (κ2) is 6.37. The van der Waals surface area contributed by atoms with Crippen molar-refractivity contribution in [3.63, 3.8) is 0 Å². The van der Waals surface area contributed by atoms with Crippen LogP contribution in [0.5, 0.6) is 0 Å². The zero-order chi connectivity index (χ0) is 15.5. The number of anilines is 1. The minimum Gasteiger partial charge on any atom is -0.378 e. The molecule has 2 rings (SSSR count). The van der Waals surface area contributed by atoms with E-state index in [0.29, 0.717) is 12.2 Å². The third kappa shape index (κ3) is 3.69. The number of nitrogens with zero attached hydrogens (tertiary/aromatic N) is 1. The molecular formula is C12H18N4O4S. The lowest BCUT2D eigenvalue weighted by atomic mass is 10.2. The standard InChI is InChI=1S/C12H18N4O4S/c1-13-21(19,20)10-4-5-11(12(7-10)16(17)18)15-8-9-3-2-6-14-9/h4-5,7,9,13-15H,2-3,6,8H2,1H3. The van der Waals surface area contributed by atoms with Crippen LogP contribution in [0.3, 0.4) is 0 Å². The number of nitrogens with one attached hydrogen (secondary N) is 3. The van der Waals surface area contributed by atoms with Crippen LogP contribution >= 0.6 is 0 Å². The van der Waals surface area contributed by atoms with Gasteiger partial charge in [0.2, 0.25) is 10.0 Å². The van der Waals surface area contributed by atoms with Gasteiger partial charge in [-0.05, 0) is 38.6 Å². The first-order valence-corrected chi connectivity index (χ1v) is 8.11. The van der Waals surface area contributed by atoms with Crippen molar-refractivity contribution < 1.29 is 13.3 Å². The van der Waals surface area contributed by atoms with Crippen LogP contribution in [-0.2, 0) is 10.0 Å². The van der Waals surface area contributed by atoms with Crippen LogP contribution in [0, 0.1) is 10.1 Å². The highest BCUT2D eigenvalue weighted by Gasteiger charge is 2.21. The third-order valence-corrected chi connectivity index (χ3v) is 4.86. The number of hydrogen-bond acceptors (Lipinski definition) is 6. The van der Waals surface area contributed by atoms with Gasteiger partial charge in [-0.15, -0.1) is 0 Å². The Morgan fingerprint density at radius 2 is 2.24 bits per heavy atom. The number of nitro benzene ring substituents is 1. The Hall–Kier alpha value is -1.71. The average molecular weight is 314 g/mol. The maximum absolute atomic E-state index is 11.7. The van der Waals surface area contributed by atoms with Gasteiger partial charge in [-0.2, -0.15) is 0 Å². The molecule has 9 heteroatoms. The van der Waals surface area contributed by atoms with E-state index in [0.717, 1.165) is 25.5 Å². The molecule has 21 heavy (non-hydrogen) atoms. The largest absolute Gasteiger partial charge is 0.378 e. The van der Waals surface area contributed by atoms with Crippen molar-refractivity contribution in [2.24, 2.45) is 0 Å². The van der Waals surface area contributed by atoms with Crippen molar-refractivity contribution in [3.05, 3.63) is 28.3 Å². The minimum absolute atomic E-state index is 0.124. The lowest BCUT2D eigenvalue weighted by Gasteiger charge is -2.13. The molecular weight excluding hydrogens is 296 g/mol. The molecule has 1 fully saturated rings. The van der Waals surface area contributed by atoms with Crippen LogP contribution in [0.25, 0.3) is 0 Å². The predicted molar refractivity (Wildman–Crippen MR) is 78.9 cm³/mol. The van der Waals surface area contributed by atoms with E-state index >= 15 is 0 Å². The van der Waals surface area contributed by atoms with Gasteiger partial charge in [0.15, 0.2) is 0 Å². The van der Waals surface area contributed by atoms with Gasteiger partial charge < -0.3 is 10.6 Å². The Morgan fingerprint density at radius 1 is 1.48 bits per heavy atom. The highest BCUT2D eigenvalue weighted by molar-refractivity contribution is 7.89. The average Bonchev–Trinajstić information content (AvgIpc) is 2.98. The molecule has 116 valence electrons. The number of hydrogen-bond donors (Lipinski definition) is 3. The molecule has 3 N–H and O–H groups in total. The molecule has 1 aromatic rings. The summed E-state index contributed by atoms with van der Waals surface area (Å²) in [7, 11) is -2.43. The van der Waals surface area contributed by atoms with Crippen LogP contribution in [0.1, 0.15) is 12.8 Å². The molecule has 1 unspecified atom stereocenters.